The highest BCUT2D eigenvalue weighted by Gasteiger charge is 2.32. The van der Waals surface area contributed by atoms with E-state index < -0.39 is 33.5 Å². The van der Waals surface area contributed by atoms with Crippen LogP contribution in [0.15, 0.2) is 29.2 Å². The third-order valence-corrected chi connectivity index (χ3v) is 7.94. The predicted octanol–water partition coefficient (Wildman–Crippen LogP) is 3.20. The average Bonchev–Trinajstić information content (AvgIpc) is 3.21. The first kappa shape index (κ1) is 29.5. The number of benzene rings is 1. The third kappa shape index (κ3) is 8.42. The van der Waals surface area contributed by atoms with Crippen molar-refractivity contribution in [2.75, 3.05) is 13.7 Å². The number of esters is 2. The maximum absolute atomic E-state index is 13.3. The number of rotatable bonds is 10. The molecule has 0 radical (unpaired) electrons. The molecule has 1 unspecified atom stereocenters. The number of carbonyl (C=O) groups excluding carboxylic acids is 3. The summed E-state index contributed by atoms with van der Waals surface area (Å²) >= 11 is 1.20. The third-order valence-electron chi connectivity index (χ3n) is 5.02. The van der Waals surface area contributed by atoms with Gasteiger partial charge in [-0.2, -0.15) is 4.72 Å². The standard InChI is InChI=1S/C25H34N2O7S2/c1-15-12-16(2)22(17(3)13-15)36(31,32)27-19(24(30)34-25(4,5)6)14-26-23(29)20-10-8-18(35-20)9-11-21(28)33-7/h8,10,12-13,19,27H,9,11,14H2,1-7H3,(H,26,29). The molecule has 1 heterocycles. The fourth-order valence-corrected chi connectivity index (χ4v) is 6.19. The van der Waals surface area contributed by atoms with Gasteiger partial charge in [0.2, 0.25) is 10.0 Å². The van der Waals surface area contributed by atoms with Crippen molar-refractivity contribution in [2.24, 2.45) is 0 Å². The number of thiophene rings is 1. The molecule has 0 aliphatic rings. The molecular weight excluding hydrogens is 504 g/mol. The van der Waals surface area contributed by atoms with Crippen molar-refractivity contribution in [2.45, 2.75) is 70.9 Å². The van der Waals surface area contributed by atoms with Crippen LogP contribution < -0.4 is 10.0 Å². The van der Waals surface area contributed by atoms with Gasteiger partial charge in [0.1, 0.15) is 11.6 Å². The van der Waals surface area contributed by atoms with Gasteiger partial charge in [0, 0.05) is 11.4 Å². The zero-order valence-corrected chi connectivity index (χ0v) is 23.3. The van der Waals surface area contributed by atoms with E-state index in [1.165, 1.54) is 18.4 Å². The molecule has 1 amide bonds. The quantitative estimate of drug-likeness (QED) is 0.445. The van der Waals surface area contributed by atoms with Crippen LogP contribution in [0.1, 0.15) is 58.4 Å². The molecule has 9 nitrogen and oxygen atoms in total. The highest BCUT2D eigenvalue weighted by atomic mass is 32.2. The van der Waals surface area contributed by atoms with Crippen molar-refractivity contribution in [1.29, 1.82) is 0 Å². The number of hydrogen-bond acceptors (Lipinski definition) is 8. The highest BCUT2D eigenvalue weighted by molar-refractivity contribution is 7.89. The first-order valence-electron chi connectivity index (χ1n) is 11.4. The zero-order valence-electron chi connectivity index (χ0n) is 21.7. The number of methoxy groups -OCH3 is 1. The summed E-state index contributed by atoms with van der Waals surface area (Å²) in [5.74, 6) is -1.63. The molecule has 36 heavy (non-hydrogen) atoms. The van der Waals surface area contributed by atoms with E-state index in [0.717, 1.165) is 10.4 Å². The van der Waals surface area contributed by atoms with E-state index in [1.54, 1.807) is 58.9 Å². The Morgan fingerprint density at radius 2 is 1.67 bits per heavy atom. The Labute approximate surface area is 216 Å². The van der Waals surface area contributed by atoms with E-state index in [4.69, 9.17) is 4.74 Å². The van der Waals surface area contributed by atoms with Crippen LogP contribution in [0.2, 0.25) is 0 Å². The molecule has 0 saturated carbocycles. The van der Waals surface area contributed by atoms with Crippen LogP contribution in [0.25, 0.3) is 0 Å². The number of ether oxygens (including phenoxy) is 2. The number of hydrogen-bond donors (Lipinski definition) is 2. The molecule has 11 heteroatoms. The summed E-state index contributed by atoms with van der Waals surface area (Å²) in [6.45, 7) is 9.95. The second kappa shape index (κ2) is 12.0. The number of nitrogens with one attached hydrogen (secondary N) is 2. The summed E-state index contributed by atoms with van der Waals surface area (Å²) in [7, 11) is -2.80. The fourth-order valence-electron chi connectivity index (χ4n) is 3.63. The number of sulfonamides is 1. The number of carbonyl (C=O) groups is 3. The molecule has 2 rings (SSSR count). The largest absolute Gasteiger partial charge is 0.469 e. The van der Waals surface area contributed by atoms with E-state index in [1.807, 2.05) is 6.92 Å². The van der Waals surface area contributed by atoms with Gasteiger partial charge < -0.3 is 14.8 Å². The van der Waals surface area contributed by atoms with Gasteiger partial charge >= 0.3 is 11.9 Å². The SMILES string of the molecule is COC(=O)CCc1ccc(C(=O)NCC(NS(=O)(=O)c2c(C)cc(C)cc2C)C(=O)OC(C)(C)C)s1. The molecule has 1 aromatic carbocycles. The van der Waals surface area contributed by atoms with E-state index in [-0.39, 0.29) is 23.8 Å². The predicted molar refractivity (Wildman–Crippen MR) is 138 cm³/mol. The molecule has 2 N–H and O–H groups in total. The van der Waals surface area contributed by atoms with Gasteiger partial charge in [0.25, 0.3) is 5.91 Å². The monoisotopic (exact) mass is 538 g/mol. The molecule has 0 aliphatic carbocycles. The molecular formula is C25H34N2O7S2. The minimum Gasteiger partial charge on any atom is -0.469 e. The van der Waals surface area contributed by atoms with E-state index in [0.29, 0.717) is 22.4 Å². The van der Waals surface area contributed by atoms with Crippen LogP contribution >= 0.6 is 11.3 Å². The van der Waals surface area contributed by atoms with E-state index >= 15 is 0 Å². The molecule has 0 aliphatic heterocycles. The Balaban J connectivity index is 2.21. The molecule has 2 aromatic rings. The van der Waals surface area contributed by atoms with Gasteiger partial charge in [0.05, 0.1) is 23.3 Å². The van der Waals surface area contributed by atoms with Gasteiger partial charge in [-0.25, -0.2) is 8.42 Å². The second-order valence-corrected chi connectivity index (χ2v) is 12.3. The Bertz CT molecular complexity index is 1200. The lowest BCUT2D eigenvalue weighted by atomic mass is 10.1. The lowest BCUT2D eigenvalue weighted by Gasteiger charge is -2.25. The first-order chi connectivity index (χ1) is 16.6. The topological polar surface area (TPSA) is 128 Å². The summed E-state index contributed by atoms with van der Waals surface area (Å²) in [6.07, 6.45) is 0.624. The Kier molecular flexibility index (Phi) is 9.81. The second-order valence-electron chi connectivity index (χ2n) is 9.49. The highest BCUT2D eigenvalue weighted by Crippen LogP contribution is 2.22. The number of aryl methyl sites for hydroxylation is 4. The molecule has 0 saturated heterocycles. The van der Waals surface area contributed by atoms with Crippen molar-refractivity contribution in [3.8, 4) is 0 Å². The summed E-state index contributed by atoms with van der Waals surface area (Å²) in [5.41, 5.74) is 1.15. The van der Waals surface area contributed by atoms with Crippen LogP contribution in [0, 0.1) is 20.8 Å². The fraction of sp³-hybridized carbons (Fsp3) is 0.480. The Hall–Kier alpha value is -2.76. The van der Waals surface area contributed by atoms with Crippen molar-refractivity contribution < 1.29 is 32.3 Å². The van der Waals surface area contributed by atoms with Gasteiger partial charge in [-0.1, -0.05) is 17.7 Å². The van der Waals surface area contributed by atoms with Gasteiger partial charge in [-0.3, -0.25) is 14.4 Å². The van der Waals surface area contributed by atoms with Crippen LogP contribution in [-0.4, -0.2) is 51.6 Å². The van der Waals surface area contributed by atoms with Crippen molar-refractivity contribution in [3.05, 3.63) is 50.7 Å². The Morgan fingerprint density at radius 1 is 1.06 bits per heavy atom. The van der Waals surface area contributed by atoms with Gasteiger partial charge in [-0.15, -0.1) is 11.3 Å². The van der Waals surface area contributed by atoms with E-state index in [2.05, 4.69) is 14.8 Å². The lowest BCUT2D eigenvalue weighted by Crippen LogP contribution is -2.50. The van der Waals surface area contributed by atoms with Crippen molar-refractivity contribution in [3.63, 3.8) is 0 Å². The van der Waals surface area contributed by atoms with Gasteiger partial charge in [0.15, 0.2) is 0 Å². The minimum absolute atomic E-state index is 0.0847. The van der Waals surface area contributed by atoms with Crippen molar-refractivity contribution >= 4 is 39.2 Å². The molecule has 198 valence electrons. The molecule has 1 aromatic heterocycles. The van der Waals surface area contributed by atoms with Crippen LogP contribution in [0.5, 0.6) is 0 Å². The molecule has 0 fully saturated rings. The van der Waals surface area contributed by atoms with E-state index in [9.17, 15) is 22.8 Å². The van der Waals surface area contributed by atoms with Crippen molar-refractivity contribution in [1.82, 2.24) is 10.0 Å². The minimum atomic E-state index is -4.11. The first-order valence-corrected chi connectivity index (χ1v) is 13.7. The van der Waals surface area contributed by atoms with Crippen LogP contribution in [-0.2, 0) is 35.5 Å². The molecule has 1 atom stereocenters. The van der Waals surface area contributed by atoms with Crippen LogP contribution in [0.4, 0.5) is 0 Å². The summed E-state index contributed by atoms with van der Waals surface area (Å²) in [4.78, 5) is 38.2. The molecule has 0 spiro atoms. The maximum Gasteiger partial charge on any atom is 0.326 e. The summed E-state index contributed by atoms with van der Waals surface area (Å²) in [6, 6.07) is 5.50. The molecule has 0 bridgehead atoms. The summed E-state index contributed by atoms with van der Waals surface area (Å²) in [5, 5.41) is 2.62. The zero-order chi connectivity index (χ0) is 27.3. The number of amides is 1. The normalized spacial score (nSPS) is 12.6. The van der Waals surface area contributed by atoms with Gasteiger partial charge in [-0.05, 0) is 71.2 Å². The maximum atomic E-state index is 13.3. The Morgan fingerprint density at radius 3 is 2.22 bits per heavy atom. The average molecular weight is 539 g/mol. The lowest BCUT2D eigenvalue weighted by molar-refractivity contribution is -0.156. The van der Waals surface area contributed by atoms with Crippen LogP contribution in [0.3, 0.4) is 0 Å². The summed E-state index contributed by atoms with van der Waals surface area (Å²) < 4.78 is 39.0. The smallest absolute Gasteiger partial charge is 0.326 e.